The van der Waals surface area contributed by atoms with Crippen LogP contribution < -0.4 is 9.47 Å². The average molecular weight is 367 g/mol. The van der Waals surface area contributed by atoms with Crippen LogP contribution in [-0.4, -0.2) is 39.4 Å². The number of Topliss-reactive ketones (excluding diaryl/α,β-unsaturated/α-hetero) is 1. The van der Waals surface area contributed by atoms with Gasteiger partial charge in [-0.2, -0.15) is 5.10 Å². The second-order valence-electron chi connectivity index (χ2n) is 5.87. The second-order valence-corrected chi connectivity index (χ2v) is 5.87. The topological polar surface area (TPSA) is 86.5 Å². The number of methoxy groups -OCH3 is 1. The number of para-hydroxylation sites is 2. The number of hydrogen-bond donors (Lipinski definition) is 1. The molecule has 0 amide bonds. The van der Waals surface area contributed by atoms with E-state index in [0.29, 0.717) is 35.3 Å². The summed E-state index contributed by atoms with van der Waals surface area (Å²) in [7, 11) is 1.58. The molecular weight excluding hydrogens is 346 g/mol. The van der Waals surface area contributed by atoms with Gasteiger partial charge in [-0.3, -0.25) is 4.79 Å². The average Bonchev–Trinajstić information content (AvgIpc) is 3.10. The predicted octanol–water partition coefficient (Wildman–Crippen LogP) is 2.73. The fourth-order valence-electron chi connectivity index (χ4n) is 2.67. The van der Waals surface area contributed by atoms with Crippen LogP contribution >= 0.6 is 0 Å². The number of ketones is 1. The van der Waals surface area contributed by atoms with Crippen LogP contribution in [0.4, 0.5) is 0 Å². The summed E-state index contributed by atoms with van der Waals surface area (Å²) in [6.07, 6.45) is 0. The molecule has 1 N–H and O–H groups in total. The molecule has 7 heteroatoms. The lowest BCUT2D eigenvalue weighted by Crippen LogP contribution is -2.07. The first-order valence-electron chi connectivity index (χ1n) is 8.54. The molecule has 0 saturated heterocycles. The van der Waals surface area contributed by atoms with Crippen LogP contribution in [0.3, 0.4) is 0 Å². The zero-order chi connectivity index (χ0) is 19.2. The van der Waals surface area contributed by atoms with Gasteiger partial charge in [0.25, 0.3) is 0 Å². The molecule has 3 aromatic rings. The van der Waals surface area contributed by atoms with Crippen LogP contribution in [0, 0.1) is 0 Å². The maximum atomic E-state index is 11.6. The van der Waals surface area contributed by atoms with Crippen molar-refractivity contribution in [2.45, 2.75) is 20.1 Å². The minimum atomic E-state index is -0.0738. The van der Waals surface area contributed by atoms with Crippen molar-refractivity contribution in [1.29, 1.82) is 0 Å². The monoisotopic (exact) mass is 367 g/mol. The van der Waals surface area contributed by atoms with E-state index in [2.05, 4.69) is 10.1 Å². The van der Waals surface area contributed by atoms with Crippen LogP contribution in [0.5, 0.6) is 11.5 Å². The maximum absolute atomic E-state index is 11.6. The normalized spacial score (nSPS) is 10.6. The number of carbonyl (C=O) groups excluding carboxylic acids is 1. The molecule has 0 aliphatic carbocycles. The summed E-state index contributed by atoms with van der Waals surface area (Å²) in [5, 5.41) is 13.7. The number of aliphatic hydroxyl groups is 1. The first kappa shape index (κ1) is 18.6. The molecule has 0 saturated carbocycles. The molecule has 0 aliphatic heterocycles. The molecule has 0 unspecified atom stereocenters. The van der Waals surface area contributed by atoms with E-state index in [1.165, 1.54) is 6.92 Å². The molecule has 0 fully saturated rings. The zero-order valence-corrected chi connectivity index (χ0v) is 15.3. The smallest absolute Gasteiger partial charge is 0.188 e. The third kappa shape index (κ3) is 4.32. The van der Waals surface area contributed by atoms with Crippen molar-refractivity contribution in [2.24, 2.45) is 0 Å². The Morgan fingerprint density at radius 3 is 2.63 bits per heavy atom. The van der Waals surface area contributed by atoms with Crippen molar-refractivity contribution in [3.63, 3.8) is 0 Å². The Morgan fingerprint density at radius 2 is 1.93 bits per heavy atom. The van der Waals surface area contributed by atoms with Gasteiger partial charge in [-0.1, -0.05) is 30.3 Å². The van der Waals surface area contributed by atoms with E-state index < -0.39 is 0 Å². The maximum Gasteiger partial charge on any atom is 0.188 e. The van der Waals surface area contributed by atoms with Gasteiger partial charge in [0.15, 0.2) is 28.9 Å². The third-order valence-electron chi connectivity index (χ3n) is 3.98. The molecule has 0 aliphatic rings. The lowest BCUT2D eigenvalue weighted by atomic mass is 10.1. The van der Waals surface area contributed by atoms with Crippen molar-refractivity contribution in [3.8, 4) is 22.9 Å². The Labute approximate surface area is 157 Å². The number of hydrogen-bond acceptors (Lipinski definition) is 6. The van der Waals surface area contributed by atoms with Crippen molar-refractivity contribution in [3.05, 3.63) is 59.9 Å². The van der Waals surface area contributed by atoms with Crippen molar-refractivity contribution in [2.75, 3.05) is 13.7 Å². The molecule has 27 heavy (non-hydrogen) atoms. The Morgan fingerprint density at radius 1 is 1.15 bits per heavy atom. The second kappa shape index (κ2) is 8.46. The first-order valence-corrected chi connectivity index (χ1v) is 8.54. The number of rotatable bonds is 8. The quantitative estimate of drug-likeness (QED) is 0.616. The Hall–Kier alpha value is -3.19. The van der Waals surface area contributed by atoms with Gasteiger partial charge >= 0.3 is 0 Å². The molecule has 0 spiro atoms. The largest absolute Gasteiger partial charge is 0.493 e. The predicted molar refractivity (Wildman–Crippen MR) is 99.9 cm³/mol. The lowest BCUT2D eigenvalue weighted by Gasteiger charge is -2.08. The van der Waals surface area contributed by atoms with Crippen LogP contribution in [0.1, 0.15) is 23.1 Å². The van der Waals surface area contributed by atoms with Crippen molar-refractivity contribution >= 4 is 5.78 Å². The van der Waals surface area contributed by atoms with Crippen molar-refractivity contribution in [1.82, 2.24) is 14.8 Å². The van der Waals surface area contributed by atoms with Gasteiger partial charge in [0, 0.05) is 11.1 Å². The van der Waals surface area contributed by atoms with Crippen molar-refractivity contribution < 1.29 is 19.4 Å². The Bertz CT molecular complexity index is 936. The van der Waals surface area contributed by atoms with Crippen LogP contribution in [0.2, 0.25) is 0 Å². The number of carbonyl (C=O) groups is 1. The van der Waals surface area contributed by atoms with Crippen LogP contribution in [0.25, 0.3) is 11.4 Å². The molecule has 3 rings (SSSR count). The van der Waals surface area contributed by atoms with E-state index >= 15 is 0 Å². The number of ether oxygens (including phenoxy) is 2. The van der Waals surface area contributed by atoms with Gasteiger partial charge in [-0.15, -0.1) is 0 Å². The highest BCUT2D eigenvalue weighted by atomic mass is 16.5. The van der Waals surface area contributed by atoms with Gasteiger partial charge in [0.05, 0.1) is 20.3 Å². The summed E-state index contributed by atoms with van der Waals surface area (Å²) in [5.74, 6) is 2.24. The standard InChI is InChI=1S/C20H21N3O4/c1-14(25)15-6-5-7-16(12-15)20-21-19(22-23(20)10-11-24)13-27-18-9-4-3-8-17(18)26-2/h3-9,12,24H,10-11,13H2,1-2H3. The van der Waals surface area contributed by atoms with E-state index in [1.807, 2.05) is 24.3 Å². The zero-order valence-electron chi connectivity index (χ0n) is 15.3. The Kier molecular flexibility index (Phi) is 5.83. The van der Waals surface area contributed by atoms with E-state index in [4.69, 9.17) is 9.47 Å². The van der Waals surface area contributed by atoms with Crippen LogP contribution in [0.15, 0.2) is 48.5 Å². The molecule has 0 bridgehead atoms. The van der Waals surface area contributed by atoms with Gasteiger partial charge < -0.3 is 14.6 Å². The van der Waals surface area contributed by atoms with Gasteiger partial charge in [-0.05, 0) is 25.1 Å². The van der Waals surface area contributed by atoms with E-state index in [1.54, 1.807) is 36.1 Å². The SMILES string of the molecule is COc1ccccc1OCc1nc(-c2cccc(C(C)=O)c2)n(CCO)n1. The highest BCUT2D eigenvalue weighted by Gasteiger charge is 2.14. The summed E-state index contributed by atoms with van der Waals surface area (Å²) in [5.41, 5.74) is 1.35. The van der Waals surface area contributed by atoms with Gasteiger partial charge in [0.1, 0.15) is 6.61 Å². The van der Waals surface area contributed by atoms with Gasteiger partial charge in [-0.25, -0.2) is 9.67 Å². The molecule has 1 heterocycles. The molecule has 1 aromatic heterocycles. The highest BCUT2D eigenvalue weighted by Crippen LogP contribution is 2.27. The molecule has 7 nitrogen and oxygen atoms in total. The lowest BCUT2D eigenvalue weighted by molar-refractivity contribution is 0.101. The minimum absolute atomic E-state index is 0.0233. The first-order chi connectivity index (χ1) is 13.1. The van der Waals surface area contributed by atoms with Gasteiger partial charge in [0.2, 0.25) is 0 Å². The summed E-state index contributed by atoms with van der Waals surface area (Å²) in [6, 6.07) is 14.5. The molecular formula is C20H21N3O4. The van der Waals surface area contributed by atoms with Crippen LogP contribution in [-0.2, 0) is 13.2 Å². The van der Waals surface area contributed by atoms with E-state index in [-0.39, 0.29) is 19.0 Å². The summed E-state index contributed by atoms with van der Waals surface area (Å²) in [4.78, 5) is 16.2. The molecule has 0 atom stereocenters. The summed E-state index contributed by atoms with van der Waals surface area (Å²) >= 11 is 0. The summed E-state index contributed by atoms with van der Waals surface area (Å²) in [6.45, 7) is 1.89. The minimum Gasteiger partial charge on any atom is -0.493 e. The highest BCUT2D eigenvalue weighted by molar-refractivity contribution is 5.95. The fraction of sp³-hybridized carbons (Fsp3) is 0.250. The molecule has 0 radical (unpaired) electrons. The van der Waals surface area contributed by atoms with E-state index in [0.717, 1.165) is 5.56 Å². The molecule has 2 aromatic carbocycles. The van der Waals surface area contributed by atoms with E-state index in [9.17, 15) is 9.90 Å². The Balaban J connectivity index is 1.87. The number of benzene rings is 2. The summed E-state index contributed by atoms with van der Waals surface area (Å²) < 4.78 is 12.7. The third-order valence-corrected chi connectivity index (χ3v) is 3.98. The number of aliphatic hydroxyl groups excluding tert-OH is 1. The fourth-order valence-corrected chi connectivity index (χ4v) is 2.67. The number of nitrogens with zero attached hydrogens (tertiary/aromatic N) is 3. The number of aromatic nitrogens is 3. The molecule has 140 valence electrons.